The standard InChI is InChI=1S/C34H34F6O5S2/c1-31(2,3)43-27-18-13-19-28(44-32(4,5)6)30(27)46(24-14-9-7-10-15-24,25-16-11-8-12-17-25)45-47(41,42)29-21-20-23(33(35,36)37)22-26(29)34(38,39)40/h7-22H,1-6H3. The molecule has 0 aliphatic heterocycles. The molecule has 13 heteroatoms. The van der Waals surface area contributed by atoms with Gasteiger partial charge in [-0.15, -0.1) is 0 Å². The van der Waals surface area contributed by atoms with Crippen LogP contribution in [0.2, 0.25) is 0 Å². The van der Waals surface area contributed by atoms with Gasteiger partial charge in [0.15, 0.2) is 0 Å². The monoisotopic (exact) mass is 700 g/mol. The van der Waals surface area contributed by atoms with Gasteiger partial charge in [-0.1, -0.05) is 42.5 Å². The van der Waals surface area contributed by atoms with Crippen LogP contribution >= 0.6 is 10.3 Å². The van der Waals surface area contributed by atoms with Crippen LogP contribution in [0.15, 0.2) is 117 Å². The fourth-order valence-corrected chi connectivity index (χ4v) is 10.2. The van der Waals surface area contributed by atoms with Crippen molar-refractivity contribution in [1.29, 1.82) is 0 Å². The van der Waals surface area contributed by atoms with Crippen LogP contribution < -0.4 is 9.47 Å². The molecule has 0 amide bonds. The zero-order chi connectivity index (χ0) is 35.1. The molecule has 4 aromatic carbocycles. The van der Waals surface area contributed by atoms with Crippen molar-refractivity contribution in [3.63, 3.8) is 0 Å². The molecule has 0 aromatic heterocycles. The molecule has 0 N–H and O–H groups in total. The van der Waals surface area contributed by atoms with E-state index in [2.05, 4.69) is 0 Å². The maximum atomic E-state index is 14.3. The number of alkyl halides is 6. The van der Waals surface area contributed by atoms with Gasteiger partial charge in [0.1, 0.15) is 32.5 Å². The van der Waals surface area contributed by atoms with Gasteiger partial charge >= 0.3 is 22.5 Å². The Bertz CT molecular complexity index is 1740. The molecule has 5 nitrogen and oxygen atoms in total. The van der Waals surface area contributed by atoms with Gasteiger partial charge in [-0.25, -0.2) is 3.63 Å². The lowest BCUT2D eigenvalue weighted by Gasteiger charge is -2.42. The normalized spacial score (nSPS) is 13.7. The van der Waals surface area contributed by atoms with Crippen LogP contribution in [-0.4, -0.2) is 19.6 Å². The largest absolute Gasteiger partial charge is 0.487 e. The second kappa shape index (κ2) is 12.7. The molecular formula is C34H34F6O5S2. The van der Waals surface area contributed by atoms with E-state index in [4.69, 9.17) is 13.1 Å². The predicted molar refractivity (Wildman–Crippen MR) is 167 cm³/mol. The third-order valence-electron chi connectivity index (χ3n) is 6.29. The summed E-state index contributed by atoms with van der Waals surface area (Å²) >= 11 is 0. The Kier molecular flexibility index (Phi) is 9.80. The highest BCUT2D eigenvalue weighted by atomic mass is 32.3. The number of rotatable bonds is 8. The molecule has 0 heterocycles. The summed E-state index contributed by atoms with van der Waals surface area (Å²) in [6, 6.07) is 21.0. The molecule has 0 bridgehead atoms. The Morgan fingerprint density at radius 1 is 0.553 bits per heavy atom. The van der Waals surface area contributed by atoms with E-state index in [-0.39, 0.29) is 44.4 Å². The van der Waals surface area contributed by atoms with E-state index in [9.17, 15) is 34.8 Å². The second-order valence-corrected chi connectivity index (χ2v) is 16.8. The van der Waals surface area contributed by atoms with Crippen molar-refractivity contribution in [3.05, 3.63) is 108 Å². The van der Waals surface area contributed by atoms with Crippen molar-refractivity contribution in [1.82, 2.24) is 0 Å². The Morgan fingerprint density at radius 3 is 1.38 bits per heavy atom. The molecule has 0 spiro atoms. The Morgan fingerprint density at radius 2 is 1.00 bits per heavy atom. The van der Waals surface area contributed by atoms with Crippen molar-refractivity contribution < 1.29 is 47.9 Å². The lowest BCUT2D eigenvalue weighted by atomic mass is 10.1. The van der Waals surface area contributed by atoms with Crippen LogP contribution in [0.25, 0.3) is 0 Å². The summed E-state index contributed by atoms with van der Waals surface area (Å²) in [5.41, 5.74) is -5.40. The molecule has 0 aliphatic rings. The van der Waals surface area contributed by atoms with Gasteiger partial charge in [0.25, 0.3) is 0 Å². The van der Waals surface area contributed by atoms with Crippen molar-refractivity contribution in [3.8, 4) is 11.5 Å². The molecule has 0 saturated carbocycles. The first-order chi connectivity index (χ1) is 21.5. The first-order valence-electron chi connectivity index (χ1n) is 14.2. The molecule has 0 atom stereocenters. The molecule has 0 saturated heterocycles. The summed E-state index contributed by atoms with van der Waals surface area (Å²) in [5.74, 6) is 0.251. The van der Waals surface area contributed by atoms with E-state index >= 15 is 0 Å². The van der Waals surface area contributed by atoms with E-state index in [1.54, 1.807) is 120 Å². The number of hydrogen-bond acceptors (Lipinski definition) is 5. The molecule has 4 rings (SSSR count). The van der Waals surface area contributed by atoms with E-state index in [0.29, 0.717) is 0 Å². The summed E-state index contributed by atoms with van der Waals surface area (Å²) < 4.78 is 131. The van der Waals surface area contributed by atoms with E-state index in [1.165, 1.54) is 0 Å². The van der Waals surface area contributed by atoms with Gasteiger partial charge in [-0.3, -0.25) is 0 Å². The first kappa shape index (κ1) is 36.2. The minimum Gasteiger partial charge on any atom is -0.487 e. The van der Waals surface area contributed by atoms with Crippen molar-refractivity contribution in [2.24, 2.45) is 0 Å². The Balaban J connectivity index is 2.19. The van der Waals surface area contributed by atoms with E-state index in [1.807, 2.05) is 0 Å². The summed E-state index contributed by atoms with van der Waals surface area (Å²) in [4.78, 5) is -0.918. The highest BCUT2D eigenvalue weighted by Crippen LogP contribution is 2.74. The number of halogens is 6. The number of hydrogen-bond donors (Lipinski definition) is 0. The van der Waals surface area contributed by atoms with Crippen LogP contribution in [0.5, 0.6) is 11.5 Å². The van der Waals surface area contributed by atoms with Gasteiger partial charge in [0.05, 0.1) is 11.1 Å². The lowest BCUT2D eigenvalue weighted by molar-refractivity contribution is -0.144. The molecule has 0 aliphatic carbocycles. The quantitative estimate of drug-likeness (QED) is 0.171. The van der Waals surface area contributed by atoms with Crippen LogP contribution in [0.4, 0.5) is 26.3 Å². The summed E-state index contributed by atoms with van der Waals surface area (Å²) in [6.45, 7) is 10.5. The molecule has 0 radical (unpaired) electrons. The minimum atomic E-state index is -5.52. The summed E-state index contributed by atoms with van der Waals surface area (Å²) in [7, 11) is -9.19. The summed E-state index contributed by atoms with van der Waals surface area (Å²) in [6.07, 6.45) is -10.7. The van der Waals surface area contributed by atoms with E-state index < -0.39 is 60.0 Å². The molecule has 47 heavy (non-hydrogen) atoms. The van der Waals surface area contributed by atoms with Gasteiger partial charge in [-0.2, -0.15) is 34.8 Å². The molecule has 0 unspecified atom stereocenters. The predicted octanol–water partition coefficient (Wildman–Crippen LogP) is 10.7. The van der Waals surface area contributed by atoms with Crippen molar-refractivity contribution in [2.75, 3.05) is 0 Å². The maximum absolute atomic E-state index is 14.3. The van der Waals surface area contributed by atoms with Gasteiger partial charge in [0.2, 0.25) is 0 Å². The average Bonchev–Trinajstić information content (AvgIpc) is 2.94. The smallest absolute Gasteiger partial charge is 0.417 e. The maximum Gasteiger partial charge on any atom is 0.417 e. The topological polar surface area (TPSA) is 61.8 Å². The average molecular weight is 701 g/mol. The number of ether oxygens (including phenoxy) is 2. The fourth-order valence-electron chi connectivity index (χ4n) is 4.63. The molecule has 4 aromatic rings. The third-order valence-corrected chi connectivity index (χ3v) is 11.6. The molecule has 0 fully saturated rings. The fraction of sp³-hybridized carbons (Fsp3) is 0.294. The summed E-state index contributed by atoms with van der Waals surface area (Å²) in [5, 5.41) is 0. The SMILES string of the molecule is CC(C)(C)Oc1cccc(OC(C)(C)C)c1S(OS(=O)(=O)c1ccc(C(F)(F)F)cc1C(F)(F)F)(c1ccccc1)c1ccccc1. The minimum absolute atomic E-state index is 0.0892. The molecular weight excluding hydrogens is 666 g/mol. The van der Waals surface area contributed by atoms with Gasteiger partial charge in [0, 0.05) is 9.79 Å². The Labute approximate surface area is 272 Å². The number of benzene rings is 4. The van der Waals surface area contributed by atoms with Crippen molar-refractivity contribution in [2.45, 2.75) is 84.7 Å². The Hall–Kier alpha value is -3.68. The lowest BCUT2D eigenvalue weighted by Crippen LogP contribution is -2.27. The van der Waals surface area contributed by atoms with Crippen molar-refractivity contribution >= 4 is 20.4 Å². The van der Waals surface area contributed by atoms with Crippen LogP contribution in [0, 0.1) is 0 Å². The van der Waals surface area contributed by atoms with Crippen LogP contribution in [0.3, 0.4) is 0 Å². The zero-order valence-corrected chi connectivity index (χ0v) is 28.0. The van der Waals surface area contributed by atoms with Crippen LogP contribution in [-0.2, 0) is 26.1 Å². The zero-order valence-electron chi connectivity index (χ0n) is 26.4. The first-order valence-corrected chi connectivity index (χ1v) is 17.2. The highest BCUT2D eigenvalue weighted by Gasteiger charge is 2.47. The third kappa shape index (κ3) is 8.25. The van der Waals surface area contributed by atoms with Gasteiger partial charge in [-0.05, 0) is 106 Å². The molecule has 254 valence electrons. The highest BCUT2D eigenvalue weighted by molar-refractivity contribution is 8.33. The van der Waals surface area contributed by atoms with E-state index in [0.717, 1.165) is 0 Å². The van der Waals surface area contributed by atoms with Crippen LogP contribution in [0.1, 0.15) is 52.7 Å². The second-order valence-electron chi connectivity index (χ2n) is 12.4. The van der Waals surface area contributed by atoms with Gasteiger partial charge < -0.3 is 9.47 Å².